The van der Waals surface area contributed by atoms with Crippen molar-refractivity contribution in [2.45, 2.75) is 38.7 Å². The van der Waals surface area contributed by atoms with Crippen molar-refractivity contribution in [2.24, 2.45) is 0 Å². The quantitative estimate of drug-likeness (QED) is 0.678. The van der Waals surface area contributed by atoms with Crippen LogP contribution in [0.5, 0.6) is 5.75 Å². The number of benzene rings is 1. The van der Waals surface area contributed by atoms with E-state index in [0.717, 1.165) is 18.6 Å². The molecule has 1 atom stereocenters. The molecular formula is C14H18O. The summed E-state index contributed by atoms with van der Waals surface area (Å²) in [6.07, 6.45) is 9.35. The monoisotopic (exact) mass is 202 g/mol. The van der Waals surface area contributed by atoms with Gasteiger partial charge in [-0.05, 0) is 49.5 Å². The Morgan fingerprint density at radius 2 is 2.33 bits per heavy atom. The van der Waals surface area contributed by atoms with Gasteiger partial charge in [-0.3, -0.25) is 0 Å². The van der Waals surface area contributed by atoms with Gasteiger partial charge in [0, 0.05) is 0 Å². The van der Waals surface area contributed by atoms with Gasteiger partial charge in [-0.25, -0.2) is 0 Å². The summed E-state index contributed by atoms with van der Waals surface area (Å²) in [6, 6.07) is 8.40. The summed E-state index contributed by atoms with van der Waals surface area (Å²) in [4.78, 5) is 0. The van der Waals surface area contributed by atoms with E-state index in [9.17, 15) is 0 Å². The number of rotatable bonds is 3. The lowest BCUT2D eigenvalue weighted by Gasteiger charge is -2.18. The van der Waals surface area contributed by atoms with Gasteiger partial charge in [-0.2, -0.15) is 0 Å². The zero-order chi connectivity index (χ0) is 10.5. The van der Waals surface area contributed by atoms with Gasteiger partial charge in [0.25, 0.3) is 0 Å². The Morgan fingerprint density at radius 1 is 1.40 bits per heavy atom. The van der Waals surface area contributed by atoms with Crippen LogP contribution in [0.15, 0.2) is 36.4 Å². The highest BCUT2D eigenvalue weighted by Crippen LogP contribution is 2.20. The molecule has 1 aliphatic carbocycles. The van der Waals surface area contributed by atoms with Crippen molar-refractivity contribution in [3.63, 3.8) is 0 Å². The van der Waals surface area contributed by atoms with Gasteiger partial charge in [0.15, 0.2) is 0 Å². The van der Waals surface area contributed by atoms with Crippen molar-refractivity contribution in [1.82, 2.24) is 0 Å². The standard InChI is InChI=1S/C14H18O/c1-2-12-7-6-10-14(11-12)15-13-8-4-3-5-9-13/h4,6-8,10-11,13H,2-3,5,9H2,1H3. The van der Waals surface area contributed by atoms with Crippen LogP contribution in [0.4, 0.5) is 0 Å². The molecule has 0 saturated carbocycles. The maximum Gasteiger partial charge on any atom is 0.120 e. The first kappa shape index (κ1) is 10.3. The summed E-state index contributed by atoms with van der Waals surface area (Å²) in [7, 11) is 0. The van der Waals surface area contributed by atoms with E-state index >= 15 is 0 Å². The minimum absolute atomic E-state index is 0.283. The van der Waals surface area contributed by atoms with E-state index in [1.165, 1.54) is 18.4 Å². The molecule has 0 spiro atoms. The Kier molecular flexibility index (Phi) is 3.44. The Bertz CT molecular complexity index is 341. The van der Waals surface area contributed by atoms with Gasteiger partial charge < -0.3 is 4.74 Å². The molecule has 15 heavy (non-hydrogen) atoms. The molecule has 2 rings (SSSR count). The number of aryl methyl sites for hydroxylation is 1. The fourth-order valence-electron chi connectivity index (χ4n) is 1.89. The van der Waals surface area contributed by atoms with Crippen molar-refractivity contribution in [3.8, 4) is 5.75 Å². The van der Waals surface area contributed by atoms with Crippen LogP contribution in [-0.2, 0) is 6.42 Å². The van der Waals surface area contributed by atoms with Gasteiger partial charge in [0.1, 0.15) is 11.9 Å². The number of hydrogen-bond donors (Lipinski definition) is 0. The van der Waals surface area contributed by atoms with E-state index in [1.807, 2.05) is 6.07 Å². The summed E-state index contributed by atoms with van der Waals surface area (Å²) >= 11 is 0. The third-order valence-electron chi connectivity index (χ3n) is 2.80. The minimum atomic E-state index is 0.283. The predicted octanol–water partition coefficient (Wildman–Crippen LogP) is 3.74. The third kappa shape index (κ3) is 2.85. The largest absolute Gasteiger partial charge is 0.486 e. The Hall–Kier alpha value is -1.24. The van der Waals surface area contributed by atoms with Gasteiger partial charge >= 0.3 is 0 Å². The second-order valence-corrected chi connectivity index (χ2v) is 4.02. The third-order valence-corrected chi connectivity index (χ3v) is 2.80. The molecule has 0 aliphatic heterocycles. The normalized spacial score (nSPS) is 20.2. The molecule has 0 heterocycles. The second-order valence-electron chi connectivity index (χ2n) is 4.02. The van der Waals surface area contributed by atoms with Crippen LogP contribution in [0.2, 0.25) is 0 Å². The van der Waals surface area contributed by atoms with Crippen LogP contribution in [0, 0.1) is 0 Å². The molecule has 1 aromatic carbocycles. The molecular weight excluding hydrogens is 184 g/mol. The smallest absolute Gasteiger partial charge is 0.120 e. The van der Waals surface area contributed by atoms with Gasteiger partial charge in [-0.15, -0.1) is 0 Å². The lowest BCUT2D eigenvalue weighted by atomic mass is 10.1. The molecule has 0 amide bonds. The highest BCUT2D eigenvalue weighted by atomic mass is 16.5. The number of ether oxygens (including phenoxy) is 1. The zero-order valence-corrected chi connectivity index (χ0v) is 9.28. The number of hydrogen-bond acceptors (Lipinski definition) is 1. The second kappa shape index (κ2) is 5.01. The van der Waals surface area contributed by atoms with Gasteiger partial charge in [-0.1, -0.05) is 25.1 Å². The maximum absolute atomic E-state index is 5.91. The first-order valence-electron chi connectivity index (χ1n) is 5.81. The zero-order valence-electron chi connectivity index (χ0n) is 9.28. The Balaban J connectivity index is 2.03. The molecule has 0 saturated heterocycles. The van der Waals surface area contributed by atoms with Crippen molar-refractivity contribution in [1.29, 1.82) is 0 Å². The van der Waals surface area contributed by atoms with Crippen LogP contribution in [-0.4, -0.2) is 6.10 Å². The minimum Gasteiger partial charge on any atom is -0.486 e. The molecule has 1 heteroatoms. The van der Waals surface area contributed by atoms with E-state index in [0.29, 0.717) is 0 Å². The molecule has 0 N–H and O–H groups in total. The molecule has 1 nitrogen and oxygen atoms in total. The molecule has 1 aromatic rings. The van der Waals surface area contributed by atoms with Crippen molar-refractivity contribution >= 4 is 0 Å². The molecule has 80 valence electrons. The summed E-state index contributed by atoms with van der Waals surface area (Å²) in [5, 5.41) is 0. The summed E-state index contributed by atoms with van der Waals surface area (Å²) in [5.74, 6) is 1.01. The molecule has 0 fully saturated rings. The summed E-state index contributed by atoms with van der Waals surface area (Å²) in [5.41, 5.74) is 1.34. The van der Waals surface area contributed by atoms with E-state index in [-0.39, 0.29) is 6.10 Å². The lowest BCUT2D eigenvalue weighted by Crippen LogP contribution is -2.15. The van der Waals surface area contributed by atoms with E-state index in [1.54, 1.807) is 0 Å². The average molecular weight is 202 g/mol. The fourth-order valence-corrected chi connectivity index (χ4v) is 1.89. The van der Waals surface area contributed by atoms with Crippen molar-refractivity contribution in [3.05, 3.63) is 42.0 Å². The molecule has 0 bridgehead atoms. The summed E-state index contributed by atoms with van der Waals surface area (Å²) < 4.78 is 5.91. The highest BCUT2D eigenvalue weighted by Gasteiger charge is 2.09. The van der Waals surface area contributed by atoms with Crippen molar-refractivity contribution in [2.75, 3.05) is 0 Å². The topological polar surface area (TPSA) is 9.23 Å². The van der Waals surface area contributed by atoms with Crippen molar-refractivity contribution < 1.29 is 4.74 Å². The maximum atomic E-state index is 5.91. The van der Waals surface area contributed by atoms with Crippen LogP contribution >= 0.6 is 0 Å². The van der Waals surface area contributed by atoms with Gasteiger partial charge in [0.2, 0.25) is 0 Å². The average Bonchev–Trinajstić information content (AvgIpc) is 2.31. The number of allylic oxidation sites excluding steroid dienone is 1. The van der Waals surface area contributed by atoms with Crippen LogP contribution in [0.3, 0.4) is 0 Å². The fraction of sp³-hybridized carbons (Fsp3) is 0.429. The molecule has 0 aromatic heterocycles. The van der Waals surface area contributed by atoms with Crippen LogP contribution < -0.4 is 4.74 Å². The van der Waals surface area contributed by atoms with E-state index in [4.69, 9.17) is 4.74 Å². The lowest BCUT2D eigenvalue weighted by molar-refractivity contribution is 0.230. The molecule has 1 unspecified atom stereocenters. The van der Waals surface area contributed by atoms with E-state index in [2.05, 4.69) is 37.3 Å². The highest BCUT2D eigenvalue weighted by molar-refractivity contribution is 5.29. The van der Waals surface area contributed by atoms with E-state index < -0.39 is 0 Å². The van der Waals surface area contributed by atoms with Gasteiger partial charge in [0.05, 0.1) is 0 Å². The SMILES string of the molecule is CCc1cccc(OC2C=CCCC2)c1. The predicted molar refractivity (Wildman–Crippen MR) is 63.2 cm³/mol. The van der Waals surface area contributed by atoms with Crippen LogP contribution in [0.25, 0.3) is 0 Å². The summed E-state index contributed by atoms with van der Waals surface area (Å²) in [6.45, 7) is 2.17. The molecule has 0 radical (unpaired) electrons. The Labute approximate surface area is 91.8 Å². The Morgan fingerprint density at radius 3 is 3.07 bits per heavy atom. The first-order chi connectivity index (χ1) is 7.38. The van der Waals surface area contributed by atoms with Crippen LogP contribution in [0.1, 0.15) is 31.7 Å². The molecule has 1 aliphatic rings. The first-order valence-corrected chi connectivity index (χ1v) is 5.81.